The summed E-state index contributed by atoms with van der Waals surface area (Å²) >= 11 is 1.19. The summed E-state index contributed by atoms with van der Waals surface area (Å²) in [5, 5.41) is 12.3. The summed E-state index contributed by atoms with van der Waals surface area (Å²) in [6, 6.07) is 6.83. The van der Waals surface area contributed by atoms with Crippen molar-refractivity contribution in [1.29, 1.82) is 0 Å². The van der Waals surface area contributed by atoms with Crippen molar-refractivity contribution in [2.24, 2.45) is 5.92 Å². The van der Waals surface area contributed by atoms with Crippen LogP contribution in [0.5, 0.6) is 0 Å². The number of carbonyl (C=O) groups excluding carboxylic acids is 1. The van der Waals surface area contributed by atoms with Crippen LogP contribution in [0.1, 0.15) is 12.8 Å². The fourth-order valence-corrected chi connectivity index (χ4v) is 5.73. The Morgan fingerprint density at radius 3 is 3.00 bits per heavy atom. The van der Waals surface area contributed by atoms with Crippen LogP contribution < -0.4 is 5.32 Å². The van der Waals surface area contributed by atoms with Gasteiger partial charge in [0.15, 0.2) is 5.65 Å². The first-order chi connectivity index (χ1) is 12.5. The molecule has 0 aliphatic carbocycles. The third kappa shape index (κ3) is 3.22. The molecule has 0 bridgehead atoms. The monoisotopic (exact) mass is 391 g/mol. The molecule has 1 fully saturated rings. The van der Waals surface area contributed by atoms with Crippen molar-refractivity contribution in [3.05, 3.63) is 42.2 Å². The van der Waals surface area contributed by atoms with Gasteiger partial charge in [-0.25, -0.2) is 8.42 Å². The van der Waals surface area contributed by atoms with Gasteiger partial charge in [0.25, 0.3) is 10.0 Å². The second-order valence-corrected chi connectivity index (χ2v) is 9.25. The van der Waals surface area contributed by atoms with Gasteiger partial charge in [-0.2, -0.15) is 4.31 Å². The Hall–Kier alpha value is -2.30. The predicted molar refractivity (Wildman–Crippen MR) is 97.4 cm³/mol. The number of anilines is 1. The van der Waals surface area contributed by atoms with Gasteiger partial charge in [-0.1, -0.05) is 6.07 Å². The summed E-state index contributed by atoms with van der Waals surface area (Å²) in [6.45, 7) is 0.637. The molecule has 136 valence electrons. The molecule has 1 aliphatic heterocycles. The van der Waals surface area contributed by atoms with E-state index in [2.05, 4.69) is 15.5 Å². The Labute approximate surface area is 154 Å². The Morgan fingerprint density at radius 2 is 2.19 bits per heavy atom. The SMILES string of the molecule is O=C(Nc1ccc2nncn2c1)C1CCCN(S(=O)(=O)c2cccs2)C1. The summed E-state index contributed by atoms with van der Waals surface area (Å²) in [7, 11) is -3.53. The minimum absolute atomic E-state index is 0.177. The van der Waals surface area contributed by atoms with Gasteiger partial charge < -0.3 is 5.32 Å². The van der Waals surface area contributed by atoms with Crippen LogP contribution in [0.2, 0.25) is 0 Å². The zero-order valence-electron chi connectivity index (χ0n) is 13.8. The fraction of sp³-hybridized carbons (Fsp3) is 0.312. The predicted octanol–water partition coefficient (Wildman–Crippen LogP) is 1.83. The lowest BCUT2D eigenvalue weighted by molar-refractivity contribution is -0.120. The number of sulfonamides is 1. The van der Waals surface area contributed by atoms with Crippen LogP contribution in [0.4, 0.5) is 5.69 Å². The Kier molecular flexibility index (Phi) is 4.47. The molecular formula is C16H17N5O3S2. The number of thiophene rings is 1. The molecule has 1 atom stereocenters. The third-order valence-corrected chi connectivity index (χ3v) is 7.64. The first-order valence-corrected chi connectivity index (χ1v) is 10.5. The van der Waals surface area contributed by atoms with Crippen molar-refractivity contribution in [3.63, 3.8) is 0 Å². The van der Waals surface area contributed by atoms with Crippen LogP contribution in [-0.2, 0) is 14.8 Å². The van der Waals surface area contributed by atoms with Crippen molar-refractivity contribution in [1.82, 2.24) is 18.9 Å². The van der Waals surface area contributed by atoms with E-state index in [1.807, 2.05) is 0 Å². The van der Waals surface area contributed by atoms with Crippen molar-refractivity contribution < 1.29 is 13.2 Å². The highest BCUT2D eigenvalue weighted by molar-refractivity contribution is 7.91. The van der Waals surface area contributed by atoms with Gasteiger partial charge in [-0.3, -0.25) is 9.20 Å². The number of hydrogen-bond donors (Lipinski definition) is 1. The van der Waals surface area contributed by atoms with Gasteiger partial charge in [0.05, 0.1) is 11.6 Å². The van der Waals surface area contributed by atoms with Gasteiger partial charge in [-0.05, 0) is 36.4 Å². The van der Waals surface area contributed by atoms with E-state index in [9.17, 15) is 13.2 Å². The van der Waals surface area contributed by atoms with Gasteiger partial charge in [-0.15, -0.1) is 21.5 Å². The number of pyridine rings is 1. The molecule has 1 N–H and O–H groups in total. The highest BCUT2D eigenvalue weighted by Crippen LogP contribution is 2.27. The van der Waals surface area contributed by atoms with Crippen LogP contribution >= 0.6 is 11.3 Å². The molecule has 4 rings (SSSR count). The summed E-state index contributed by atoms with van der Waals surface area (Å²) in [4.78, 5) is 12.6. The minimum Gasteiger partial charge on any atom is -0.324 e. The molecule has 26 heavy (non-hydrogen) atoms. The van der Waals surface area contributed by atoms with E-state index in [0.29, 0.717) is 34.9 Å². The van der Waals surface area contributed by atoms with Gasteiger partial charge in [0.2, 0.25) is 5.91 Å². The lowest BCUT2D eigenvalue weighted by atomic mass is 9.99. The van der Waals surface area contributed by atoms with Gasteiger partial charge in [0, 0.05) is 19.3 Å². The van der Waals surface area contributed by atoms with Gasteiger partial charge in [0.1, 0.15) is 10.5 Å². The van der Waals surface area contributed by atoms with Gasteiger partial charge >= 0.3 is 0 Å². The van der Waals surface area contributed by atoms with Crippen LogP contribution in [-0.4, -0.2) is 46.3 Å². The van der Waals surface area contributed by atoms with E-state index in [4.69, 9.17) is 0 Å². The molecule has 1 saturated heterocycles. The van der Waals surface area contributed by atoms with Crippen molar-refractivity contribution in [3.8, 4) is 0 Å². The molecule has 0 radical (unpaired) electrons. The summed E-state index contributed by atoms with van der Waals surface area (Å²) < 4.78 is 28.8. The Balaban J connectivity index is 1.47. The maximum atomic E-state index is 12.7. The molecule has 10 heteroatoms. The number of nitrogens with zero attached hydrogens (tertiary/aromatic N) is 4. The summed E-state index contributed by atoms with van der Waals surface area (Å²) in [6.07, 6.45) is 4.61. The molecule has 0 aromatic carbocycles. The normalized spacial score (nSPS) is 18.8. The number of piperidine rings is 1. The standard InChI is InChI=1S/C16H17N5O3S2/c22-16(18-13-5-6-14-19-17-11-20(14)10-13)12-3-1-7-21(9-12)26(23,24)15-4-2-8-25-15/h2,4-6,8,10-12H,1,3,7,9H2,(H,18,22). The van der Waals surface area contributed by atoms with Crippen molar-refractivity contribution >= 4 is 38.6 Å². The summed E-state index contributed by atoms with van der Waals surface area (Å²) in [5.41, 5.74) is 1.31. The molecule has 8 nitrogen and oxygen atoms in total. The lowest BCUT2D eigenvalue weighted by Gasteiger charge is -2.30. The molecule has 0 spiro atoms. The smallest absolute Gasteiger partial charge is 0.252 e. The molecule has 1 aliphatic rings. The Bertz CT molecular complexity index is 1030. The lowest BCUT2D eigenvalue weighted by Crippen LogP contribution is -2.43. The average Bonchev–Trinajstić information content (AvgIpc) is 3.33. The van der Waals surface area contributed by atoms with E-state index in [-0.39, 0.29) is 18.4 Å². The first kappa shape index (κ1) is 17.1. The largest absolute Gasteiger partial charge is 0.324 e. The molecule has 4 heterocycles. The third-order valence-electron chi connectivity index (χ3n) is 4.40. The maximum Gasteiger partial charge on any atom is 0.252 e. The molecule has 1 unspecified atom stereocenters. The number of amides is 1. The van der Waals surface area contributed by atoms with E-state index in [0.717, 1.165) is 0 Å². The number of carbonyl (C=O) groups is 1. The van der Waals surface area contributed by atoms with Crippen LogP contribution in [0.15, 0.2) is 46.4 Å². The topological polar surface area (TPSA) is 96.7 Å². The van der Waals surface area contributed by atoms with E-state index in [1.54, 1.807) is 46.6 Å². The zero-order chi connectivity index (χ0) is 18.1. The number of nitrogens with one attached hydrogen (secondary N) is 1. The quantitative estimate of drug-likeness (QED) is 0.732. The van der Waals surface area contributed by atoms with E-state index < -0.39 is 10.0 Å². The van der Waals surface area contributed by atoms with Crippen molar-refractivity contribution in [2.45, 2.75) is 17.1 Å². The highest BCUT2D eigenvalue weighted by atomic mass is 32.2. The number of hydrogen-bond acceptors (Lipinski definition) is 6. The molecule has 3 aromatic heterocycles. The molecule has 0 saturated carbocycles. The zero-order valence-corrected chi connectivity index (χ0v) is 15.4. The van der Waals surface area contributed by atoms with E-state index >= 15 is 0 Å². The molecule has 1 amide bonds. The Morgan fingerprint density at radius 1 is 1.31 bits per heavy atom. The van der Waals surface area contributed by atoms with Crippen LogP contribution in [0, 0.1) is 5.92 Å². The molecule has 3 aromatic rings. The number of aromatic nitrogens is 3. The minimum atomic E-state index is -3.53. The number of rotatable bonds is 4. The number of fused-ring (bicyclic) bond motifs is 1. The van der Waals surface area contributed by atoms with E-state index in [1.165, 1.54) is 15.6 Å². The summed E-state index contributed by atoms with van der Waals surface area (Å²) in [5.74, 6) is -0.557. The fourth-order valence-electron chi connectivity index (χ4n) is 3.06. The first-order valence-electron chi connectivity index (χ1n) is 8.18. The maximum absolute atomic E-state index is 12.7. The molecular weight excluding hydrogens is 374 g/mol. The van der Waals surface area contributed by atoms with Crippen molar-refractivity contribution in [2.75, 3.05) is 18.4 Å². The second-order valence-electron chi connectivity index (χ2n) is 6.14. The average molecular weight is 391 g/mol. The highest BCUT2D eigenvalue weighted by Gasteiger charge is 2.33. The van der Waals surface area contributed by atoms with Crippen LogP contribution in [0.25, 0.3) is 5.65 Å². The second kappa shape index (κ2) is 6.78. The van der Waals surface area contributed by atoms with Crippen LogP contribution in [0.3, 0.4) is 0 Å².